The molecule has 0 saturated carbocycles. The number of carbonyl (C=O) groups excluding carboxylic acids is 2. The van der Waals surface area contributed by atoms with Crippen molar-refractivity contribution in [3.63, 3.8) is 0 Å². The lowest BCUT2D eigenvalue weighted by Crippen LogP contribution is -2.48. The van der Waals surface area contributed by atoms with Crippen LogP contribution in [0.25, 0.3) is 0 Å². The molecule has 2 fully saturated rings. The van der Waals surface area contributed by atoms with Crippen LogP contribution in [0.15, 0.2) is 41.0 Å². The average molecular weight is 404 g/mol. The van der Waals surface area contributed by atoms with E-state index in [0.717, 1.165) is 18.4 Å². The zero-order chi connectivity index (χ0) is 19.0. The number of fused-ring (bicyclic) bond motifs is 2. The molecule has 2 aliphatic rings. The standard InChI is InChI=1S/C21H25N3O3.ClH/c1-13-5-6-14(10-18(13)23-20(25)19-4-3-9-27-19)21(26)24(2)17-11-15-7-8-16(12-17)22-15;/h3-6,9-10,15-17,22H,7-8,11-12H2,1-2H3,(H,23,25);1H. The number of halogens is 1. The molecule has 2 bridgehead atoms. The molecule has 2 N–H and O–H groups in total. The van der Waals surface area contributed by atoms with Crippen molar-refractivity contribution >= 4 is 29.9 Å². The van der Waals surface area contributed by atoms with Gasteiger partial charge in [0, 0.05) is 36.4 Å². The Kier molecular flexibility index (Phi) is 6.10. The Bertz CT molecular complexity index is 841. The van der Waals surface area contributed by atoms with Gasteiger partial charge in [0.15, 0.2) is 5.76 Å². The van der Waals surface area contributed by atoms with E-state index in [9.17, 15) is 9.59 Å². The predicted molar refractivity (Wildman–Crippen MR) is 110 cm³/mol. The summed E-state index contributed by atoms with van der Waals surface area (Å²) in [5.74, 6) is -0.0841. The summed E-state index contributed by atoms with van der Waals surface area (Å²) in [4.78, 5) is 27.2. The number of hydrogen-bond donors (Lipinski definition) is 2. The third kappa shape index (κ3) is 4.08. The van der Waals surface area contributed by atoms with Crippen molar-refractivity contribution < 1.29 is 14.0 Å². The molecule has 28 heavy (non-hydrogen) atoms. The lowest BCUT2D eigenvalue weighted by Gasteiger charge is -2.35. The number of hydrogen-bond acceptors (Lipinski definition) is 4. The number of rotatable bonds is 4. The maximum Gasteiger partial charge on any atom is 0.291 e. The Balaban J connectivity index is 0.00000225. The minimum absolute atomic E-state index is 0. The Labute approximate surface area is 171 Å². The first-order chi connectivity index (χ1) is 13.0. The maximum absolute atomic E-state index is 13.0. The predicted octanol–water partition coefficient (Wildman–Crippen LogP) is 3.62. The van der Waals surface area contributed by atoms with E-state index >= 15 is 0 Å². The number of amides is 2. The van der Waals surface area contributed by atoms with Gasteiger partial charge in [0.05, 0.1) is 6.26 Å². The van der Waals surface area contributed by atoms with Crippen molar-refractivity contribution in [1.82, 2.24) is 10.2 Å². The summed E-state index contributed by atoms with van der Waals surface area (Å²) in [6, 6.07) is 10.1. The highest BCUT2D eigenvalue weighted by atomic mass is 35.5. The zero-order valence-electron chi connectivity index (χ0n) is 16.1. The van der Waals surface area contributed by atoms with Crippen molar-refractivity contribution in [2.75, 3.05) is 12.4 Å². The number of furan rings is 1. The Morgan fingerprint density at radius 2 is 1.89 bits per heavy atom. The first-order valence-electron chi connectivity index (χ1n) is 9.50. The van der Waals surface area contributed by atoms with Crippen molar-refractivity contribution in [3.8, 4) is 0 Å². The van der Waals surface area contributed by atoms with Crippen LogP contribution in [0, 0.1) is 6.92 Å². The first kappa shape index (κ1) is 20.4. The minimum Gasteiger partial charge on any atom is -0.459 e. The van der Waals surface area contributed by atoms with Gasteiger partial charge >= 0.3 is 0 Å². The van der Waals surface area contributed by atoms with E-state index in [1.165, 1.54) is 19.1 Å². The van der Waals surface area contributed by atoms with Crippen LogP contribution in [0.3, 0.4) is 0 Å². The largest absolute Gasteiger partial charge is 0.459 e. The van der Waals surface area contributed by atoms with E-state index < -0.39 is 0 Å². The highest BCUT2D eigenvalue weighted by Gasteiger charge is 2.36. The smallest absolute Gasteiger partial charge is 0.291 e. The molecule has 6 nitrogen and oxygen atoms in total. The van der Waals surface area contributed by atoms with Gasteiger partial charge in [-0.05, 0) is 62.4 Å². The third-order valence-corrected chi connectivity index (χ3v) is 5.79. The van der Waals surface area contributed by atoms with Crippen molar-refractivity contribution in [2.45, 2.75) is 50.7 Å². The molecule has 1 aromatic heterocycles. The SMILES string of the molecule is Cc1ccc(C(=O)N(C)C2CC3CCC(C2)N3)cc1NC(=O)c1ccco1.Cl. The van der Waals surface area contributed by atoms with E-state index in [4.69, 9.17) is 4.42 Å². The third-order valence-electron chi connectivity index (χ3n) is 5.79. The second kappa shape index (κ2) is 8.37. The van der Waals surface area contributed by atoms with Crippen LogP contribution in [0.5, 0.6) is 0 Å². The van der Waals surface area contributed by atoms with E-state index in [-0.39, 0.29) is 36.0 Å². The minimum atomic E-state index is -0.323. The number of nitrogens with zero attached hydrogens (tertiary/aromatic N) is 1. The molecule has 2 unspecified atom stereocenters. The van der Waals surface area contributed by atoms with Gasteiger partial charge in [0.25, 0.3) is 11.8 Å². The van der Waals surface area contributed by atoms with Crippen molar-refractivity contribution in [2.24, 2.45) is 0 Å². The van der Waals surface area contributed by atoms with E-state index in [2.05, 4.69) is 10.6 Å². The summed E-state index contributed by atoms with van der Waals surface area (Å²) in [5.41, 5.74) is 2.11. The summed E-state index contributed by atoms with van der Waals surface area (Å²) < 4.78 is 5.14. The average Bonchev–Trinajstić information content (AvgIpc) is 3.32. The summed E-state index contributed by atoms with van der Waals surface area (Å²) in [5, 5.41) is 6.45. The van der Waals surface area contributed by atoms with Gasteiger partial charge in [-0.2, -0.15) is 0 Å². The second-order valence-corrected chi connectivity index (χ2v) is 7.64. The van der Waals surface area contributed by atoms with Crippen LogP contribution in [-0.4, -0.2) is 41.9 Å². The molecule has 150 valence electrons. The number of aryl methyl sites for hydroxylation is 1. The molecular weight excluding hydrogens is 378 g/mol. The Morgan fingerprint density at radius 3 is 2.54 bits per heavy atom. The molecule has 2 aliphatic heterocycles. The quantitative estimate of drug-likeness (QED) is 0.817. The fourth-order valence-electron chi connectivity index (χ4n) is 4.19. The lowest BCUT2D eigenvalue weighted by atomic mass is 9.97. The van der Waals surface area contributed by atoms with E-state index in [1.54, 1.807) is 18.2 Å². The maximum atomic E-state index is 13.0. The van der Waals surface area contributed by atoms with Crippen LogP contribution in [0.2, 0.25) is 0 Å². The monoisotopic (exact) mass is 403 g/mol. The number of benzene rings is 1. The number of nitrogens with one attached hydrogen (secondary N) is 2. The molecule has 2 amide bonds. The van der Waals surface area contributed by atoms with E-state index in [0.29, 0.717) is 23.3 Å². The molecule has 3 heterocycles. The highest BCUT2D eigenvalue weighted by Crippen LogP contribution is 2.30. The highest BCUT2D eigenvalue weighted by molar-refractivity contribution is 6.04. The first-order valence-corrected chi connectivity index (χ1v) is 9.50. The molecule has 2 atom stereocenters. The zero-order valence-corrected chi connectivity index (χ0v) is 16.9. The summed E-state index contributed by atoms with van der Waals surface area (Å²) in [7, 11) is 1.89. The van der Waals surface area contributed by atoms with Crippen molar-refractivity contribution in [1.29, 1.82) is 0 Å². The van der Waals surface area contributed by atoms with Crippen LogP contribution in [0.1, 0.15) is 52.2 Å². The molecule has 0 radical (unpaired) electrons. The molecule has 1 aromatic carbocycles. The van der Waals surface area contributed by atoms with Gasteiger partial charge in [-0.15, -0.1) is 12.4 Å². The molecule has 0 aliphatic carbocycles. The fraction of sp³-hybridized carbons (Fsp3) is 0.429. The molecule has 2 saturated heterocycles. The number of piperidine rings is 1. The topological polar surface area (TPSA) is 74.6 Å². The van der Waals surface area contributed by atoms with Gasteiger partial charge in [0.1, 0.15) is 0 Å². The Hall–Kier alpha value is -2.31. The van der Waals surface area contributed by atoms with Crippen LogP contribution >= 0.6 is 12.4 Å². The van der Waals surface area contributed by atoms with Gasteiger partial charge in [0.2, 0.25) is 0 Å². The fourth-order valence-corrected chi connectivity index (χ4v) is 4.19. The summed E-state index contributed by atoms with van der Waals surface area (Å²) in [6.45, 7) is 1.90. The summed E-state index contributed by atoms with van der Waals surface area (Å²) in [6.07, 6.45) is 5.88. The summed E-state index contributed by atoms with van der Waals surface area (Å²) >= 11 is 0. The van der Waals surface area contributed by atoms with Crippen LogP contribution in [0.4, 0.5) is 5.69 Å². The van der Waals surface area contributed by atoms with Gasteiger partial charge in [-0.25, -0.2) is 0 Å². The molecule has 2 aromatic rings. The van der Waals surface area contributed by atoms with Gasteiger partial charge in [-0.1, -0.05) is 6.07 Å². The molecular formula is C21H26ClN3O3. The van der Waals surface area contributed by atoms with Crippen LogP contribution in [-0.2, 0) is 0 Å². The number of carbonyl (C=O) groups is 2. The second-order valence-electron chi connectivity index (χ2n) is 7.64. The van der Waals surface area contributed by atoms with Crippen LogP contribution < -0.4 is 10.6 Å². The van der Waals surface area contributed by atoms with Gasteiger partial charge in [-0.3, -0.25) is 9.59 Å². The normalized spacial score (nSPS) is 23.0. The molecule has 4 rings (SSSR count). The van der Waals surface area contributed by atoms with Crippen molar-refractivity contribution in [3.05, 3.63) is 53.5 Å². The van der Waals surface area contributed by atoms with Gasteiger partial charge < -0.3 is 20.0 Å². The lowest BCUT2D eigenvalue weighted by molar-refractivity contribution is 0.0681. The Morgan fingerprint density at radius 1 is 1.18 bits per heavy atom. The molecule has 7 heteroatoms. The molecule has 0 spiro atoms. The van der Waals surface area contributed by atoms with E-state index in [1.807, 2.05) is 31.0 Å². The number of anilines is 1.